The fraction of sp³-hybridized carbons (Fsp3) is 0.333. The molecular formula is C21H18BrF3N4O3. The monoisotopic (exact) mass is 510 g/mol. The van der Waals surface area contributed by atoms with Gasteiger partial charge in [-0.25, -0.2) is 18.2 Å². The van der Waals surface area contributed by atoms with E-state index in [1.807, 2.05) is 0 Å². The number of carbonyl (C=O) groups excluding carboxylic acids is 3. The first-order valence-corrected chi connectivity index (χ1v) is 10.1. The molecule has 32 heavy (non-hydrogen) atoms. The molecule has 0 saturated heterocycles. The molecule has 0 unspecified atom stereocenters. The van der Waals surface area contributed by atoms with Gasteiger partial charge in [-0.2, -0.15) is 0 Å². The van der Waals surface area contributed by atoms with E-state index in [1.165, 1.54) is 37.7 Å². The van der Waals surface area contributed by atoms with E-state index in [-0.39, 0.29) is 32.8 Å². The van der Waals surface area contributed by atoms with E-state index < -0.39 is 47.7 Å². The van der Waals surface area contributed by atoms with E-state index in [1.54, 1.807) is 0 Å². The number of hydrogen-bond donors (Lipinski definition) is 2. The lowest BCUT2D eigenvalue weighted by atomic mass is 9.74. The molecule has 11 heteroatoms. The highest BCUT2D eigenvalue weighted by atomic mass is 79.9. The van der Waals surface area contributed by atoms with Gasteiger partial charge in [0.05, 0.1) is 11.3 Å². The van der Waals surface area contributed by atoms with Crippen LogP contribution in [0.5, 0.6) is 0 Å². The quantitative estimate of drug-likeness (QED) is 0.279. The molecule has 7 nitrogen and oxygen atoms in total. The number of pyridine rings is 1. The van der Waals surface area contributed by atoms with Crippen LogP contribution in [0.2, 0.25) is 0 Å². The van der Waals surface area contributed by atoms with Crippen molar-refractivity contribution in [3.63, 3.8) is 0 Å². The third kappa shape index (κ3) is 4.02. The lowest BCUT2D eigenvalue weighted by Gasteiger charge is -2.43. The number of nitrogens with zero attached hydrogens (tertiary/aromatic N) is 2. The third-order valence-corrected chi connectivity index (χ3v) is 5.98. The molecule has 0 aliphatic heterocycles. The summed E-state index contributed by atoms with van der Waals surface area (Å²) in [5.41, 5.74) is -1.32. The van der Waals surface area contributed by atoms with Gasteiger partial charge in [-0.3, -0.25) is 14.4 Å². The van der Waals surface area contributed by atoms with Crippen LogP contribution in [-0.4, -0.2) is 38.6 Å². The van der Waals surface area contributed by atoms with Gasteiger partial charge in [0.25, 0.3) is 23.5 Å². The van der Waals surface area contributed by atoms with Crippen LogP contribution >= 0.6 is 15.9 Å². The molecule has 0 aromatic carbocycles. The van der Waals surface area contributed by atoms with Gasteiger partial charge in [-0.05, 0) is 41.4 Å². The molecule has 0 radical (unpaired) electrons. The maximum Gasteiger partial charge on any atom is 0.293 e. The Hall–Kier alpha value is -3.13. The Balaban J connectivity index is 1.88. The summed E-state index contributed by atoms with van der Waals surface area (Å²) >= 11 is 2.93. The number of Topliss-reactive ketones (excluding diaryl/α,β-unsaturated/α-hetero) is 1. The Kier molecular flexibility index (Phi) is 5.95. The van der Waals surface area contributed by atoms with E-state index >= 15 is 0 Å². The Bertz CT molecular complexity index is 1190. The van der Waals surface area contributed by atoms with Gasteiger partial charge in [-0.1, -0.05) is 5.92 Å². The number of ketones is 1. The van der Waals surface area contributed by atoms with Crippen molar-refractivity contribution in [2.24, 2.45) is 7.05 Å². The van der Waals surface area contributed by atoms with Crippen LogP contribution in [0.15, 0.2) is 16.9 Å². The zero-order valence-electron chi connectivity index (χ0n) is 17.3. The normalized spacial score (nSPS) is 15.9. The summed E-state index contributed by atoms with van der Waals surface area (Å²) in [5.74, 6) is -4.54. The highest BCUT2D eigenvalue weighted by Gasteiger charge is 2.57. The molecule has 0 atom stereocenters. The van der Waals surface area contributed by atoms with Crippen LogP contribution in [0.3, 0.4) is 0 Å². The number of halogens is 4. The summed E-state index contributed by atoms with van der Waals surface area (Å²) in [6, 6.07) is 1.26. The second-order valence-corrected chi connectivity index (χ2v) is 8.38. The summed E-state index contributed by atoms with van der Waals surface area (Å²) in [4.78, 5) is 41.9. The Morgan fingerprint density at radius 2 is 1.91 bits per heavy atom. The van der Waals surface area contributed by atoms with E-state index in [0.29, 0.717) is 0 Å². The van der Waals surface area contributed by atoms with Crippen molar-refractivity contribution in [1.82, 2.24) is 14.9 Å². The second-order valence-electron chi connectivity index (χ2n) is 7.63. The van der Waals surface area contributed by atoms with Gasteiger partial charge in [0, 0.05) is 31.8 Å². The molecule has 2 amide bonds. The van der Waals surface area contributed by atoms with Gasteiger partial charge in [0.2, 0.25) is 0 Å². The number of nitrogens with one attached hydrogen (secondary N) is 2. The van der Waals surface area contributed by atoms with Crippen molar-refractivity contribution in [3.8, 4) is 12.3 Å². The third-order valence-electron chi connectivity index (χ3n) is 5.42. The Morgan fingerprint density at radius 3 is 2.47 bits per heavy atom. The van der Waals surface area contributed by atoms with Gasteiger partial charge >= 0.3 is 0 Å². The molecule has 1 fully saturated rings. The van der Waals surface area contributed by atoms with Crippen LogP contribution in [0.25, 0.3) is 0 Å². The average molecular weight is 511 g/mol. The molecule has 168 valence electrons. The van der Waals surface area contributed by atoms with Gasteiger partial charge in [0.1, 0.15) is 15.8 Å². The summed E-state index contributed by atoms with van der Waals surface area (Å²) < 4.78 is 42.0. The lowest BCUT2D eigenvalue weighted by molar-refractivity contribution is -0.133. The molecule has 0 bridgehead atoms. The first-order chi connectivity index (χ1) is 14.8. The molecular weight excluding hydrogens is 493 g/mol. The fourth-order valence-corrected chi connectivity index (χ4v) is 4.11. The van der Waals surface area contributed by atoms with Crippen LogP contribution in [0, 0.1) is 32.0 Å². The number of terminal acetylenes is 1. The van der Waals surface area contributed by atoms with E-state index in [9.17, 15) is 27.6 Å². The van der Waals surface area contributed by atoms with E-state index in [4.69, 9.17) is 6.42 Å². The molecule has 1 saturated carbocycles. The van der Waals surface area contributed by atoms with Crippen molar-refractivity contribution < 1.29 is 27.6 Å². The predicted molar refractivity (Wildman–Crippen MR) is 113 cm³/mol. The minimum absolute atomic E-state index is 0.0211. The minimum atomic E-state index is -3.01. The average Bonchev–Trinajstić information content (AvgIpc) is 2.91. The molecule has 0 spiro atoms. The van der Waals surface area contributed by atoms with Crippen molar-refractivity contribution in [2.45, 2.75) is 38.2 Å². The van der Waals surface area contributed by atoms with Crippen molar-refractivity contribution >= 4 is 39.2 Å². The number of hydrogen-bond acceptors (Lipinski definition) is 4. The number of carbonyl (C=O) groups is 3. The van der Waals surface area contributed by atoms with E-state index in [0.717, 1.165) is 0 Å². The summed E-state index contributed by atoms with van der Waals surface area (Å²) in [6.07, 6.45) is 5.06. The number of rotatable bonds is 5. The highest BCUT2D eigenvalue weighted by Crippen LogP contribution is 2.45. The standard InChI is InChI=1S/C21H18BrF3N4O3/c1-5-20(8-21(24,25)9-20)28-19(32)16(30)13-10(2)15(29(4)11(13)3)18(31)27-12-6-7-26-17(22)14(12)23/h1,6-7H,8-9H2,2-4H3,(H,28,32)(H,26,27,31). The number of alkyl halides is 2. The molecule has 2 aromatic rings. The molecule has 2 heterocycles. The second kappa shape index (κ2) is 8.09. The predicted octanol–water partition coefficient (Wildman–Crippen LogP) is 3.29. The number of anilines is 1. The van der Waals surface area contributed by atoms with Crippen LogP contribution in [0.4, 0.5) is 18.9 Å². The van der Waals surface area contributed by atoms with Crippen LogP contribution in [-0.2, 0) is 11.8 Å². The maximum atomic E-state index is 14.2. The molecule has 2 N–H and O–H groups in total. The van der Waals surface area contributed by atoms with Gasteiger partial charge < -0.3 is 15.2 Å². The van der Waals surface area contributed by atoms with Gasteiger partial charge in [0.15, 0.2) is 5.82 Å². The molecule has 1 aliphatic rings. The van der Waals surface area contributed by atoms with Crippen molar-refractivity contribution in [3.05, 3.63) is 45.2 Å². The zero-order valence-corrected chi connectivity index (χ0v) is 18.9. The highest BCUT2D eigenvalue weighted by molar-refractivity contribution is 9.10. The maximum absolute atomic E-state index is 14.2. The SMILES string of the molecule is C#CC1(NC(=O)C(=O)c2c(C)c(C(=O)Nc3ccnc(Br)c3F)n(C)c2C)CC(F)(F)C1. The van der Waals surface area contributed by atoms with Crippen molar-refractivity contribution in [1.29, 1.82) is 0 Å². The number of aromatic nitrogens is 2. The van der Waals surface area contributed by atoms with Crippen LogP contribution in [0.1, 0.15) is 44.9 Å². The van der Waals surface area contributed by atoms with Gasteiger partial charge in [-0.15, -0.1) is 6.42 Å². The van der Waals surface area contributed by atoms with Crippen molar-refractivity contribution in [2.75, 3.05) is 5.32 Å². The first kappa shape index (κ1) is 23.5. The van der Waals surface area contributed by atoms with Crippen LogP contribution < -0.4 is 10.6 Å². The summed E-state index contributed by atoms with van der Waals surface area (Å²) in [7, 11) is 1.50. The molecule has 2 aromatic heterocycles. The fourth-order valence-electron chi connectivity index (χ4n) is 3.78. The summed E-state index contributed by atoms with van der Waals surface area (Å²) in [5, 5.41) is 4.63. The lowest BCUT2D eigenvalue weighted by Crippen LogP contribution is -2.62. The first-order valence-electron chi connectivity index (χ1n) is 9.32. The van der Waals surface area contributed by atoms with E-state index in [2.05, 4.69) is 37.5 Å². The Morgan fingerprint density at radius 1 is 1.28 bits per heavy atom. The minimum Gasteiger partial charge on any atom is -0.343 e. The molecule has 1 aliphatic carbocycles. The molecule has 3 rings (SSSR count). The summed E-state index contributed by atoms with van der Waals surface area (Å²) in [6.45, 7) is 2.97. The number of amides is 2. The topological polar surface area (TPSA) is 93.1 Å². The zero-order chi connectivity index (χ0) is 24.0. The smallest absolute Gasteiger partial charge is 0.293 e. The largest absolute Gasteiger partial charge is 0.343 e. The Labute approximate surface area is 189 Å².